The number of rotatable bonds is 7. The number of fused-ring (bicyclic) bond motifs is 1. The Bertz CT molecular complexity index is 1020. The van der Waals surface area contributed by atoms with Crippen molar-refractivity contribution in [1.82, 2.24) is 0 Å². The second kappa shape index (κ2) is 8.73. The lowest BCUT2D eigenvalue weighted by molar-refractivity contribution is 0.297. The fraction of sp³-hybridized carbons (Fsp3) is 0.125. The van der Waals surface area contributed by atoms with E-state index in [-0.39, 0.29) is 0 Å². The van der Waals surface area contributed by atoms with Crippen LogP contribution in [0, 0.1) is 11.3 Å². The fourth-order valence-electron chi connectivity index (χ4n) is 2.95. The number of benzene rings is 3. The van der Waals surface area contributed by atoms with E-state index in [1.807, 2.05) is 73.7 Å². The van der Waals surface area contributed by atoms with Crippen LogP contribution in [0.5, 0.6) is 11.5 Å². The topological polar surface area (TPSA) is 42.2 Å². The SMILES string of the molecule is C=CCOc1ccc(/C=C(/C#N)c2cccc3ccccc23)cc1OCC. The predicted molar refractivity (Wildman–Crippen MR) is 111 cm³/mol. The van der Waals surface area contributed by atoms with E-state index in [9.17, 15) is 5.26 Å². The molecule has 3 rings (SSSR count). The Morgan fingerprint density at radius 3 is 2.63 bits per heavy atom. The Balaban J connectivity index is 2.04. The van der Waals surface area contributed by atoms with Gasteiger partial charge in [-0.3, -0.25) is 0 Å². The van der Waals surface area contributed by atoms with Crippen LogP contribution >= 0.6 is 0 Å². The highest BCUT2D eigenvalue weighted by molar-refractivity contribution is 6.01. The average molecular weight is 355 g/mol. The highest BCUT2D eigenvalue weighted by atomic mass is 16.5. The largest absolute Gasteiger partial charge is 0.490 e. The molecule has 0 saturated carbocycles. The summed E-state index contributed by atoms with van der Waals surface area (Å²) in [6.07, 6.45) is 3.57. The average Bonchev–Trinajstić information content (AvgIpc) is 2.71. The molecule has 0 amide bonds. The van der Waals surface area contributed by atoms with Crippen molar-refractivity contribution in [2.24, 2.45) is 0 Å². The maximum atomic E-state index is 9.76. The van der Waals surface area contributed by atoms with E-state index in [1.165, 1.54) is 0 Å². The van der Waals surface area contributed by atoms with Gasteiger partial charge in [0, 0.05) is 5.56 Å². The Morgan fingerprint density at radius 2 is 1.85 bits per heavy atom. The van der Waals surface area contributed by atoms with Crippen molar-refractivity contribution in [3.8, 4) is 17.6 Å². The lowest BCUT2D eigenvalue weighted by Gasteiger charge is -2.12. The van der Waals surface area contributed by atoms with Crippen LogP contribution in [0.2, 0.25) is 0 Å². The summed E-state index contributed by atoms with van der Waals surface area (Å²) in [5, 5.41) is 11.9. The molecule has 0 heterocycles. The summed E-state index contributed by atoms with van der Waals surface area (Å²) in [5.41, 5.74) is 2.41. The first-order chi connectivity index (χ1) is 13.3. The zero-order chi connectivity index (χ0) is 19.1. The second-order valence-electron chi connectivity index (χ2n) is 5.94. The number of nitriles is 1. The first-order valence-electron chi connectivity index (χ1n) is 8.87. The molecule has 0 spiro atoms. The number of allylic oxidation sites excluding steroid dienone is 1. The maximum Gasteiger partial charge on any atom is 0.161 e. The quantitative estimate of drug-likeness (QED) is 0.302. The van der Waals surface area contributed by atoms with Gasteiger partial charge < -0.3 is 9.47 Å². The van der Waals surface area contributed by atoms with Crippen LogP contribution in [0.3, 0.4) is 0 Å². The van der Waals surface area contributed by atoms with Crippen LogP contribution in [-0.2, 0) is 0 Å². The molecule has 0 N–H and O–H groups in total. The van der Waals surface area contributed by atoms with Gasteiger partial charge in [-0.15, -0.1) is 0 Å². The molecule has 0 aromatic heterocycles. The molecule has 3 aromatic rings. The summed E-state index contributed by atoms with van der Waals surface area (Å²) >= 11 is 0. The van der Waals surface area contributed by atoms with Crippen molar-refractivity contribution in [3.05, 3.63) is 84.4 Å². The van der Waals surface area contributed by atoms with E-state index in [0.29, 0.717) is 30.3 Å². The standard InChI is InChI=1S/C24H21NO2/c1-3-14-27-23-13-12-18(16-24(23)26-4-2)15-20(17-25)22-11-7-9-19-8-5-6-10-21(19)22/h3,5-13,15-16H,1,4,14H2,2H3/b20-15-. The molecule has 0 aliphatic carbocycles. The van der Waals surface area contributed by atoms with Crippen LogP contribution in [0.4, 0.5) is 0 Å². The van der Waals surface area contributed by atoms with Crippen LogP contribution in [0.1, 0.15) is 18.1 Å². The van der Waals surface area contributed by atoms with Gasteiger partial charge in [-0.2, -0.15) is 5.26 Å². The van der Waals surface area contributed by atoms with Gasteiger partial charge in [0.15, 0.2) is 11.5 Å². The van der Waals surface area contributed by atoms with Crippen LogP contribution in [-0.4, -0.2) is 13.2 Å². The molecule has 27 heavy (non-hydrogen) atoms. The first kappa shape index (κ1) is 18.3. The molecule has 3 heteroatoms. The van der Waals surface area contributed by atoms with Crippen molar-refractivity contribution in [2.75, 3.05) is 13.2 Å². The Morgan fingerprint density at radius 1 is 1.04 bits per heavy atom. The van der Waals surface area contributed by atoms with Gasteiger partial charge in [0.05, 0.1) is 18.2 Å². The van der Waals surface area contributed by atoms with Crippen LogP contribution < -0.4 is 9.47 Å². The molecule has 0 aliphatic rings. The highest BCUT2D eigenvalue weighted by Crippen LogP contribution is 2.31. The van der Waals surface area contributed by atoms with Gasteiger partial charge in [-0.25, -0.2) is 0 Å². The zero-order valence-corrected chi connectivity index (χ0v) is 15.3. The third-order valence-corrected chi connectivity index (χ3v) is 4.14. The van der Waals surface area contributed by atoms with Crippen molar-refractivity contribution < 1.29 is 9.47 Å². The molecule has 3 aromatic carbocycles. The van der Waals surface area contributed by atoms with E-state index in [0.717, 1.165) is 21.9 Å². The lowest BCUT2D eigenvalue weighted by atomic mass is 9.97. The third kappa shape index (κ3) is 4.19. The Kier molecular flexibility index (Phi) is 5.91. The molecular weight excluding hydrogens is 334 g/mol. The second-order valence-corrected chi connectivity index (χ2v) is 5.94. The molecule has 0 fully saturated rings. The molecule has 0 radical (unpaired) electrons. The number of nitrogens with zero attached hydrogens (tertiary/aromatic N) is 1. The van der Waals surface area contributed by atoms with E-state index in [2.05, 4.69) is 12.6 Å². The van der Waals surface area contributed by atoms with Crippen molar-refractivity contribution >= 4 is 22.4 Å². The minimum absolute atomic E-state index is 0.411. The summed E-state index contributed by atoms with van der Waals surface area (Å²) in [5.74, 6) is 1.32. The molecular formula is C24H21NO2. The first-order valence-corrected chi connectivity index (χ1v) is 8.87. The van der Waals surface area contributed by atoms with Gasteiger partial charge in [0.1, 0.15) is 6.61 Å². The van der Waals surface area contributed by atoms with Gasteiger partial charge in [0.25, 0.3) is 0 Å². The smallest absolute Gasteiger partial charge is 0.161 e. The maximum absolute atomic E-state index is 9.76. The number of hydrogen-bond acceptors (Lipinski definition) is 3. The Labute approximate surface area is 159 Å². The van der Waals surface area contributed by atoms with E-state index < -0.39 is 0 Å². The minimum atomic E-state index is 0.411. The zero-order valence-electron chi connectivity index (χ0n) is 15.3. The van der Waals surface area contributed by atoms with Gasteiger partial charge in [-0.05, 0) is 41.5 Å². The van der Waals surface area contributed by atoms with Crippen LogP contribution in [0.15, 0.2) is 73.3 Å². The minimum Gasteiger partial charge on any atom is -0.490 e. The van der Waals surface area contributed by atoms with E-state index in [4.69, 9.17) is 9.47 Å². The molecule has 0 aliphatic heterocycles. The van der Waals surface area contributed by atoms with Crippen molar-refractivity contribution in [2.45, 2.75) is 6.92 Å². The summed E-state index contributed by atoms with van der Waals surface area (Å²) in [6.45, 7) is 6.54. The fourth-order valence-corrected chi connectivity index (χ4v) is 2.95. The van der Waals surface area contributed by atoms with E-state index >= 15 is 0 Å². The van der Waals surface area contributed by atoms with Crippen molar-refractivity contribution in [1.29, 1.82) is 5.26 Å². The lowest BCUT2D eigenvalue weighted by Crippen LogP contribution is -1.99. The molecule has 0 bridgehead atoms. The normalized spacial score (nSPS) is 11.0. The third-order valence-electron chi connectivity index (χ3n) is 4.14. The number of hydrogen-bond donors (Lipinski definition) is 0. The molecule has 0 saturated heterocycles. The van der Waals surface area contributed by atoms with Gasteiger partial charge >= 0.3 is 0 Å². The highest BCUT2D eigenvalue weighted by Gasteiger charge is 2.09. The summed E-state index contributed by atoms with van der Waals surface area (Å²) in [7, 11) is 0. The van der Waals surface area contributed by atoms with Gasteiger partial charge in [-0.1, -0.05) is 61.2 Å². The van der Waals surface area contributed by atoms with Crippen LogP contribution in [0.25, 0.3) is 22.4 Å². The molecule has 134 valence electrons. The Hall–Kier alpha value is -3.51. The molecule has 0 unspecified atom stereocenters. The van der Waals surface area contributed by atoms with Gasteiger partial charge in [0.2, 0.25) is 0 Å². The van der Waals surface area contributed by atoms with Crippen molar-refractivity contribution in [3.63, 3.8) is 0 Å². The summed E-state index contributed by atoms with van der Waals surface area (Å²) < 4.78 is 11.3. The number of ether oxygens (including phenoxy) is 2. The van der Waals surface area contributed by atoms with E-state index in [1.54, 1.807) is 6.08 Å². The summed E-state index contributed by atoms with van der Waals surface area (Å²) in [4.78, 5) is 0. The predicted octanol–water partition coefficient (Wildman–Crippen LogP) is 5.87. The molecule has 3 nitrogen and oxygen atoms in total. The molecule has 0 atom stereocenters. The summed E-state index contributed by atoms with van der Waals surface area (Å²) in [6, 6.07) is 22.1. The monoisotopic (exact) mass is 355 g/mol.